The van der Waals surface area contributed by atoms with Gasteiger partial charge >= 0.3 is 6.18 Å². The normalized spacial score (nSPS) is 15.8. The first-order chi connectivity index (χ1) is 10.5. The third-order valence-electron chi connectivity index (χ3n) is 4.21. The van der Waals surface area contributed by atoms with E-state index in [1.807, 2.05) is 6.07 Å². The van der Waals surface area contributed by atoms with Crippen molar-refractivity contribution in [1.82, 2.24) is 4.98 Å². The Labute approximate surface area is 126 Å². The molecule has 0 radical (unpaired) electrons. The van der Waals surface area contributed by atoms with Crippen LogP contribution < -0.4 is 4.90 Å². The van der Waals surface area contributed by atoms with Crippen molar-refractivity contribution < 1.29 is 18.3 Å². The van der Waals surface area contributed by atoms with Crippen molar-refractivity contribution in [2.24, 2.45) is 0 Å². The molecule has 1 aliphatic rings. The van der Waals surface area contributed by atoms with Crippen LogP contribution in [0.3, 0.4) is 0 Å². The fourth-order valence-electron chi connectivity index (χ4n) is 2.87. The second-order valence-electron chi connectivity index (χ2n) is 5.56. The molecule has 0 atom stereocenters. The van der Waals surface area contributed by atoms with E-state index in [0.29, 0.717) is 23.5 Å². The van der Waals surface area contributed by atoms with Crippen molar-refractivity contribution in [3.63, 3.8) is 0 Å². The zero-order chi connectivity index (χ0) is 15.7. The van der Waals surface area contributed by atoms with Crippen LogP contribution in [0.5, 0.6) is 0 Å². The maximum atomic E-state index is 12.8. The van der Waals surface area contributed by atoms with Gasteiger partial charge in [0.05, 0.1) is 17.7 Å². The van der Waals surface area contributed by atoms with E-state index in [1.165, 1.54) is 12.3 Å². The van der Waals surface area contributed by atoms with Crippen LogP contribution in [-0.4, -0.2) is 29.3 Å². The lowest BCUT2D eigenvalue weighted by Crippen LogP contribution is -2.42. The molecule has 2 aromatic rings. The monoisotopic (exact) mass is 310 g/mol. The van der Waals surface area contributed by atoms with Gasteiger partial charge in [0.2, 0.25) is 0 Å². The summed E-state index contributed by atoms with van der Waals surface area (Å²) < 4.78 is 38.4. The molecule has 6 heteroatoms. The Balaban J connectivity index is 2.05. The highest BCUT2D eigenvalue weighted by Gasteiger charge is 2.31. The molecule has 1 N–H and O–H groups in total. The number of alkyl halides is 3. The topological polar surface area (TPSA) is 36.4 Å². The minimum Gasteiger partial charge on any atom is -0.395 e. The predicted octanol–water partition coefficient (Wildman–Crippen LogP) is 3.60. The Kier molecular flexibility index (Phi) is 3.95. The van der Waals surface area contributed by atoms with Crippen LogP contribution in [0.1, 0.15) is 24.8 Å². The number of anilines is 1. The molecular formula is C16H17F3N2O. The summed E-state index contributed by atoms with van der Waals surface area (Å²) in [7, 11) is 0. The summed E-state index contributed by atoms with van der Waals surface area (Å²) in [5, 5.41) is 9.97. The van der Waals surface area contributed by atoms with Crippen LogP contribution in [0, 0.1) is 0 Å². The molecule has 1 fully saturated rings. The van der Waals surface area contributed by atoms with Crippen LogP contribution >= 0.6 is 0 Å². The number of pyridine rings is 1. The summed E-state index contributed by atoms with van der Waals surface area (Å²) in [6, 6.07) is 5.80. The zero-order valence-electron chi connectivity index (χ0n) is 12.0. The Hall–Kier alpha value is -1.82. The summed E-state index contributed by atoms with van der Waals surface area (Å²) in [4.78, 5) is 6.16. The number of nitrogens with zero attached hydrogens (tertiary/aromatic N) is 2. The standard InChI is InChI=1S/C16H17F3N2O/c17-16(18,19)11-4-5-13-14(10-11)20-7-6-15(13)21(8-9-22)12-2-1-3-12/h4-7,10,12,22H,1-3,8-9H2. The van der Waals surface area contributed by atoms with E-state index in [2.05, 4.69) is 9.88 Å². The number of hydrogen-bond donors (Lipinski definition) is 1. The van der Waals surface area contributed by atoms with Gasteiger partial charge < -0.3 is 10.0 Å². The van der Waals surface area contributed by atoms with Crippen molar-refractivity contribution in [2.75, 3.05) is 18.1 Å². The lowest BCUT2D eigenvalue weighted by molar-refractivity contribution is -0.137. The molecule has 1 saturated carbocycles. The van der Waals surface area contributed by atoms with Gasteiger partial charge in [0.15, 0.2) is 0 Å². The fraction of sp³-hybridized carbons (Fsp3) is 0.438. The second kappa shape index (κ2) is 5.76. The molecular weight excluding hydrogens is 293 g/mol. The molecule has 3 nitrogen and oxygen atoms in total. The first kappa shape index (κ1) is 15.1. The SMILES string of the molecule is OCCN(c1ccnc2cc(C(F)(F)F)ccc12)C1CCC1. The molecule has 1 aliphatic carbocycles. The van der Waals surface area contributed by atoms with Gasteiger partial charge in [-0.05, 0) is 37.5 Å². The molecule has 0 saturated heterocycles. The van der Waals surface area contributed by atoms with Crippen molar-refractivity contribution in [3.8, 4) is 0 Å². The summed E-state index contributed by atoms with van der Waals surface area (Å²) in [6.45, 7) is 0.492. The summed E-state index contributed by atoms with van der Waals surface area (Å²) in [6.07, 6.45) is 0.397. The van der Waals surface area contributed by atoms with Gasteiger partial charge in [0.25, 0.3) is 0 Å². The molecule has 0 aliphatic heterocycles. The number of benzene rings is 1. The molecule has 0 unspecified atom stereocenters. The smallest absolute Gasteiger partial charge is 0.395 e. The van der Waals surface area contributed by atoms with Gasteiger partial charge in [-0.25, -0.2) is 0 Å². The van der Waals surface area contributed by atoms with Gasteiger partial charge in [0.1, 0.15) is 0 Å². The van der Waals surface area contributed by atoms with Gasteiger partial charge in [-0.1, -0.05) is 6.07 Å². The summed E-state index contributed by atoms with van der Waals surface area (Å²) >= 11 is 0. The van der Waals surface area contributed by atoms with E-state index in [0.717, 1.165) is 37.1 Å². The minimum absolute atomic E-state index is 0.0148. The highest BCUT2D eigenvalue weighted by Crippen LogP contribution is 2.36. The highest BCUT2D eigenvalue weighted by molar-refractivity contribution is 5.92. The van der Waals surface area contributed by atoms with Gasteiger partial charge in [0, 0.05) is 29.9 Å². The quantitative estimate of drug-likeness (QED) is 0.937. The maximum absolute atomic E-state index is 12.8. The van der Waals surface area contributed by atoms with Crippen LogP contribution in [0.2, 0.25) is 0 Å². The molecule has 22 heavy (non-hydrogen) atoms. The summed E-state index contributed by atoms with van der Waals surface area (Å²) in [5.41, 5.74) is 0.481. The third kappa shape index (κ3) is 2.75. The van der Waals surface area contributed by atoms with Gasteiger partial charge in [-0.3, -0.25) is 4.98 Å². The Bertz CT molecular complexity index is 668. The first-order valence-electron chi connectivity index (χ1n) is 7.34. The van der Waals surface area contributed by atoms with E-state index in [-0.39, 0.29) is 6.61 Å². The van der Waals surface area contributed by atoms with Crippen LogP contribution in [0.15, 0.2) is 30.5 Å². The fourth-order valence-corrected chi connectivity index (χ4v) is 2.87. The molecule has 3 rings (SSSR count). The molecule has 0 amide bonds. The number of aliphatic hydroxyl groups excluding tert-OH is 1. The molecule has 0 bridgehead atoms. The number of hydrogen-bond acceptors (Lipinski definition) is 3. The lowest BCUT2D eigenvalue weighted by atomic mass is 9.90. The Morgan fingerprint density at radius 1 is 1.23 bits per heavy atom. The molecule has 1 heterocycles. The van der Waals surface area contributed by atoms with Gasteiger partial charge in [-0.15, -0.1) is 0 Å². The molecule has 0 spiro atoms. The van der Waals surface area contributed by atoms with Gasteiger partial charge in [-0.2, -0.15) is 13.2 Å². The van der Waals surface area contributed by atoms with Crippen LogP contribution in [0.25, 0.3) is 10.9 Å². The second-order valence-corrected chi connectivity index (χ2v) is 5.56. The zero-order valence-corrected chi connectivity index (χ0v) is 12.0. The third-order valence-corrected chi connectivity index (χ3v) is 4.21. The number of aromatic nitrogens is 1. The van der Waals surface area contributed by atoms with E-state index < -0.39 is 11.7 Å². The number of fused-ring (bicyclic) bond motifs is 1. The lowest BCUT2D eigenvalue weighted by Gasteiger charge is -2.39. The summed E-state index contributed by atoms with van der Waals surface area (Å²) in [5.74, 6) is 0. The largest absolute Gasteiger partial charge is 0.416 e. The van der Waals surface area contributed by atoms with Crippen molar-refractivity contribution in [3.05, 3.63) is 36.0 Å². The van der Waals surface area contributed by atoms with E-state index in [4.69, 9.17) is 0 Å². The number of rotatable bonds is 4. The Morgan fingerprint density at radius 2 is 2.00 bits per heavy atom. The van der Waals surface area contributed by atoms with Crippen molar-refractivity contribution in [2.45, 2.75) is 31.5 Å². The van der Waals surface area contributed by atoms with Crippen molar-refractivity contribution >= 4 is 16.6 Å². The van der Waals surface area contributed by atoms with Crippen molar-refractivity contribution in [1.29, 1.82) is 0 Å². The highest BCUT2D eigenvalue weighted by atomic mass is 19.4. The molecule has 118 valence electrons. The van der Waals surface area contributed by atoms with E-state index in [9.17, 15) is 18.3 Å². The van der Waals surface area contributed by atoms with Crippen LogP contribution in [0.4, 0.5) is 18.9 Å². The maximum Gasteiger partial charge on any atom is 0.416 e. The minimum atomic E-state index is -4.37. The average molecular weight is 310 g/mol. The molecule has 1 aromatic carbocycles. The van der Waals surface area contributed by atoms with E-state index in [1.54, 1.807) is 0 Å². The number of aliphatic hydroxyl groups is 1. The first-order valence-corrected chi connectivity index (χ1v) is 7.34. The van der Waals surface area contributed by atoms with Crippen LogP contribution in [-0.2, 0) is 6.18 Å². The average Bonchev–Trinajstić information content (AvgIpc) is 2.43. The Morgan fingerprint density at radius 3 is 2.59 bits per heavy atom. The number of halogens is 3. The predicted molar refractivity (Wildman–Crippen MR) is 78.8 cm³/mol. The van der Waals surface area contributed by atoms with E-state index >= 15 is 0 Å². The molecule has 1 aromatic heterocycles.